The molecule has 6 atom stereocenters. The van der Waals surface area contributed by atoms with Crippen LogP contribution >= 0.6 is 0 Å². The van der Waals surface area contributed by atoms with Gasteiger partial charge in [-0.1, -0.05) is 0 Å². The molecule has 0 aromatic rings. The third-order valence-electron chi connectivity index (χ3n) is 4.34. The molecule has 8 N–H and O–H groups in total. The van der Waals surface area contributed by atoms with Gasteiger partial charge in [0.15, 0.2) is 0 Å². The number of nitrogens with one attached hydrogen (secondary N) is 1. The van der Waals surface area contributed by atoms with E-state index >= 15 is 0 Å². The number of carboxylic acids is 2. The zero-order valence-electron chi connectivity index (χ0n) is 15.7. The summed E-state index contributed by atoms with van der Waals surface area (Å²) in [6.45, 7) is 0.501. The highest BCUT2D eigenvalue weighted by atomic mass is 16.7. The Hall–Kier alpha value is -2.32. The maximum absolute atomic E-state index is 11.6. The number of hydrogen-bond donors (Lipinski definition) is 7. The van der Waals surface area contributed by atoms with Crippen molar-refractivity contribution in [3.63, 3.8) is 0 Å². The lowest BCUT2D eigenvalue weighted by molar-refractivity contribution is -0.287. The van der Waals surface area contributed by atoms with Gasteiger partial charge in [-0.15, -0.1) is 0 Å². The number of amides is 1. The minimum Gasteiger partial charge on any atom is -0.481 e. The molecule has 0 aliphatic carbocycles. The number of ether oxygens (including phenoxy) is 2. The molecule has 1 rings (SSSR count). The van der Waals surface area contributed by atoms with Gasteiger partial charge in [0.25, 0.3) is 5.79 Å². The maximum Gasteiger partial charge on any atom is 0.364 e. The summed E-state index contributed by atoms with van der Waals surface area (Å²) in [5.74, 6) is -8.09. The van der Waals surface area contributed by atoms with Crippen molar-refractivity contribution >= 4 is 23.8 Å². The van der Waals surface area contributed by atoms with Crippen LogP contribution in [-0.2, 0) is 28.7 Å². The Morgan fingerprint density at radius 3 is 2.45 bits per heavy atom. The first kappa shape index (κ1) is 24.7. The van der Waals surface area contributed by atoms with Crippen molar-refractivity contribution in [2.75, 3.05) is 13.2 Å². The molecule has 0 aromatic heterocycles. The fraction of sp³-hybridized carbons (Fsp3) is 0.750. The molecule has 1 heterocycles. The number of aliphatic hydroxyl groups is 3. The van der Waals surface area contributed by atoms with Gasteiger partial charge in [0.2, 0.25) is 5.91 Å². The molecule has 0 bridgehead atoms. The molecule has 13 heteroatoms. The van der Waals surface area contributed by atoms with Gasteiger partial charge in [0.1, 0.15) is 12.6 Å². The number of nitrogens with two attached hydrogens (primary N) is 1. The van der Waals surface area contributed by atoms with E-state index < -0.39 is 79.3 Å². The summed E-state index contributed by atoms with van der Waals surface area (Å²) in [5.41, 5.74) is 5.33. The summed E-state index contributed by atoms with van der Waals surface area (Å²) >= 11 is 0. The minimum absolute atomic E-state index is 0.118. The van der Waals surface area contributed by atoms with Crippen LogP contribution < -0.4 is 11.1 Å². The molecule has 1 aliphatic rings. The highest BCUT2D eigenvalue weighted by Crippen LogP contribution is 2.33. The van der Waals surface area contributed by atoms with Crippen molar-refractivity contribution in [3.05, 3.63) is 0 Å². The Kier molecular flexibility index (Phi) is 8.91. The minimum atomic E-state index is -2.70. The molecule has 166 valence electrons. The monoisotopic (exact) mass is 422 g/mol. The van der Waals surface area contributed by atoms with E-state index in [1.165, 1.54) is 6.92 Å². The fourth-order valence-electron chi connectivity index (χ4n) is 2.85. The van der Waals surface area contributed by atoms with Gasteiger partial charge in [0, 0.05) is 32.2 Å². The number of aliphatic carboxylic acids is 2. The Bertz CT molecular complexity index is 628. The Balaban J connectivity index is 2.77. The van der Waals surface area contributed by atoms with Crippen molar-refractivity contribution in [1.29, 1.82) is 0 Å². The topological polar surface area (TPSA) is 226 Å². The van der Waals surface area contributed by atoms with E-state index in [9.17, 15) is 34.5 Å². The number of carbonyl (C=O) groups is 4. The van der Waals surface area contributed by atoms with Crippen LogP contribution in [0.15, 0.2) is 0 Å². The zero-order chi connectivity index (χ0) is 22.4. The number of carboxylic acid groups (broad SMARTS) is 2. The normalized spacial score (nSPS) is 28.8. The molecule has 13 nitrogen and oxygen atoms in total. The Labute approximate surface area is 165 Å². The average molecular weight is 422 g/mol. The summed E-state index contributed by atoms with van der Waals surface area (Å²) in [5, 5.41) is 50.5. The molecule has 1 saturated heterocycles. The van der Waals surface area contributed by atoms with Crippen LogP contribution in [0.4, 0.5) is 0 Å². The van der Waals surface area contributed by atoms with Crippen LogP contribution in [0.2, 0.25) is 0 Å². The molecular formula is C16H26N2O11. The largest absolute Gasteiger partial charge is 0.481 e. The molecule has 1 aliphatic heterocycles. The number of hydrogen-bond acceptors (Lipinski definition) is 10. The summed E-state index contributed by atoms with van der Waals surface area (Å²) in [7, 11) is 0. The van der Waals surface area contributed by atoms with Crippen molar-refractivity contribution < 1.29 is 54.2 Å². The van der Waals surface area contributed by atoms with Crippen molar-refractivity contribution in [1.82, 2.24) is 5.32 Å². The van der Waals surface area contributed by atoms with E-state index in [1.807, 2.05) is 0 Å². The van der Waals surface area contributed by atoms with Crippen LogP contribution in [0, 0.1) is 5.92 Å². The van der Waals surface area contributed by atoms with Crippen LogP contribution in [0.5, 0.6) is 0 Å². The zero-order valence-corrected chi connectivity index (χ0v) is 15.7. The molecule has 29 heavy (non-hydrogen) atoms. The summed E-state index contributed by atoms with van der Waals surface area (Å²) in [4.78, 5) is 44.5. The second-order valence-corrected chi connectivity index (χ2v) is 6.84. The second-order valence-electron chi connectivity index (χ2n) is 6.84. The number of carbonyl (C=O) groups excluding carboxylic acids is 2. The van der Waals surface area contributed by atoms with Crippen LogP contribution in [-0.4, -0.2) is 92.6 Å². The predicted molar refractivity (Wildman–Crippen MR) is 92.1 cm³/mol. The highest BCUT2D eigenvalue weighted by molar-refractivity contribution is 5.81. The average Bonchev–Trinajstić information content (AvgIpc) is 2.57. The number of rotatable bonds is 10. The van der Waals surface area contributed by atoms with Gasteiger partial charge >= 0.3 is 17.9 Å². The quantitative estimate of drug-likeness (QED) is 0.172. The number of esters is 1. The van der Waals surface area contributed by atoms with Gasteiger partial charge in [-0.25, -0.2) is 4.79 Å². The Morgan fingerprint density at radius 2 is 1.93 bits per heavy atom. The molecule has 0 radical (unpaired) electrons. The molecule has 0 spiro atoms. The SMILES string of the molecule is CC(=O)NCC1C(O)CC(O)(C(=O)O)OC1C[C@H](O)COC(=O)[C@H](N)CC(=O)O. The lowest BCUT2D eigenvalue weighted by atomic mass is 9.84. The highest BCUT2D eigenvalue weighted by Gasteiger charge is 2.50. The van der Waals surface area contributed by atoms with E-state index in [-0.39, 0.29) is 13.0 Å². The van der Waals surface area contributed by atoms with E-state index in [0.29, 0.717) is 0 Å². The van der Waals surface area contributed by atoms with Gasteiger partial charge in [-0.3, -0.25) is 14.4 Å². The van der Waals surface area contributed by atoms with Gasteiger partial charge in [0.05, 0.1) is 24.7 Å². The van der Waals surface area contributed by atoms with Crippen molar-refractivity contribution in [2.24, 2.45) is 11.7 Å². The molecule has 1 fully saturated rings. The van der Waals surface area contributed by atoms with Crippen LogP contribution in [0.25, 0.3) is 0 Å². The summed E-state index contributed by atoms with van der Waals surface area (Å²) in [6.07, 6.45) is -5.69. The van der Waals surface area contributed by atoms with E-state index in [4.69, 9.17) is 25.4 Å². The van der Waals surface area contributed by atoms with Crippen molar-refractivity contribution in [2.45, 2.75) is 56.3 Å². The van der Waals surface area contributed by atoms with Crippen LogP contribution in [0.3, 0.4) is 0 Å². The third-order valence-corrected chi connectivity index (χ3v) is 4.34. The maximum atomic E-state index is 11.6. The molecular weight excluding hydrogens is 396 g/mol. The van der Waals surface area contributed by atoms with Gasteiger partial charge < -0.3 is 46.1 Å². The molecule has 0 aromatic carbocycles. The lowest BCUT2D eigenvalue weighted by Gasteiger charge is -2.43. The van der Waals surface area contributed by atoms with Crippen molar-refractivity contribution in [3.8, 4) is 0 Å². The third kappa shape index (κ3) is 7.55. The Morgan fingerprint density at radius 1 is 1.31 bits per heavy atom. The lowest BCUT2D eigenvalue weighted by Crippen LogP contribution is -2.58. The number of aliphatic hydroxyl groups excluding tert-OH is 2. The van der Waals surface area contributed by atoms with Gasteiger partial charge in [-0.05, 0) is 0 Å². The fourth-order valence-corrected chi connectivity index (χ4v) is 2.85. The first-order valence-corrected chi connectivity index (χ1v) is 8.74. The molecule has 0 saturated carbocycles. The van der Waals surface area contributed by atoms with E-state index in [2.05, 4.69) is 5.32 Å². The molecule has 1 amide bonds. The first-order chi connectivity index (χ1) is 13.4. The predicted octanol–water partition coefficient (Wildman–Crippen LogP) is -3.24. The molecule has 4 unspecified atom stereocenters. The standard InChI is InChI=1S/C16H26N2O11/c1-7(19)18-5-9-11(21)4-16(27,15(25)26)29-12(9)2-8(20)6-28-14(24)10(17)3-13(22)23/h8-12,20-21,27H,2-6,17H2,1H3,(H,18,19)(H,22,23)(H,25,26)/t8-,9?,10+,11?,12?,16?/m0/s1. The van der Waals surface area contributed by atoms with Gasteiger partial charge in [-0.2, -0.15) is 0 Å². The van der Waals surface area contributed by atoms with E-state index in [1.54, 1.807) is 0 Å². The van der Waals surface area contributed by atoms with E-state index in [0.717, 1.165) is 0 Å². The smallest absolute Gasteiger partial charge is 0.364 e. The van der Waals surface area contributed by atoms with Crippen LogP contribution in [0.1, 0.15) is 26.2 Å². The first-order valence-electron chi connectivity index (χ1n) is 8.74. The summed E-state index contributed by atoms with van der Waals surface area (Å²) in [6, 6.07) is -1.43. The second kappa shape index (κ2) is 10.5. The summed E-state index contributed by atoms with van der Waals surface area (Å²) < 4.78 is 9.89.